The van der Waals surface area contributed by atoms with Crippen LogP contribution >= 0.6 is 11.6 Å². The lowest BCUT2D eigenvalue weighted by Gasteiger charge is -2.22. The first-order valence-corrected chi connectivity index (χ1v) is 6.72. The minimum Gasteiger partial charge on any atom is -0.493 e. The van der Waals surface area contributed by atoms with E-state index in [0.717, 1.165) is 0 Å². The fourth-order valence-electron chi connectivity index (χ4n) is 2.42. The fraction of sp³-hybridized carbons (Fsp3) is 0.188. The Bertz CT molecular complexity index is 699. The number of carbonyl (C=O) groups is 1. The Morgan fingerprint density at radius 3 is 2.29 bits per heavy atom. The van der Waals surface area contributed by atoms with Gasteiger partial charge >= 0.3 is 5.97 Å². The molecular weight excluding hydrogens is 292 g/mol. The van der Waals surface area contributed by atoms with Gasteiger partial charge in [-0.3, -0.25) is 0 Å². The Morgan fingerprint density at radius 1 is 1.05 bits per heavy atom. The Hall–Kier alpha value is -2.20. The van der Waals surface area contributed by atoms with E-state index >= 15 is 0 Å². The average molecular weight is 305 g/mol. The van der Waals surface area contributed by atoms with E-state index in [9.17, 15) is 4.79 Å². The number of ether oxygens (including phenoxy) is 3. The number of esters is 1. The molecule has 0 bridgehead atoms. The third-order valence-corrected chi connectivity index (χ3v) is 3.97. The molecule has 1 heterocycles. The second-order valence-corrected chi connectivity index (χ2v) is 5.14. The summed E-state index contributed by atoms with van der Waals surface area (Å²) in [6.45, 7) is 0. The van der Waals surface area contributed by atoms with Gasteiger partial charge in [-0.15, -0.1) is 0 Å². The predicted octanol–water partition coefficient (Wildman–Crippen LogP) is 3.31. The zero-order chi connectivity index (χ0) is 15.0. The first kappa shape index (κ1) is 13.8. The van der Waals surface area contributed by atoms with Gasteiger partial charge in [0.1, 0.15) is 0 Å². The van der Waals surface area contributed by atoms with E-state index in [-0.39, 0.29) is 0 Å². The zero-order valence-electron chi connectivity index (χ0n) is 11.6. The van der Waals surface area contributed by atoms with E-state index in [1.807, 2.05) is 30.3 Å². The molecule has 0 fully saturated rings. The predicted molar refractivity (Wildman–Crippen MR) is 78.0 cm³/mol. The minimum atomic E-state index is -1.34. The topological polar surface area (TPSA) is 44.8 Å². The number of cyclic esters (lactones) is 1. The van der Waals surface area contributed by atoms with Gasteiger partial charge in [0.2, 0.25) is 5.06 Å². The Morgan fingerprint density at radius 2 is 1.67 bits per heavy atom. The molecule has 108 valence electrons. The van der Waals surface area contributed by atoms with Crippen molar-refractivity contribution in [1.29, 1.82) is 0 Å². The van der Waals surface area contributed by atoms with Crippen LogP contribution in [-0.4, -0.2) is 20.2 Å². The minimum absolute atomic E-state index is 0.381. The Labute approximate surface area is 127 Å². The molecule has 0 saturated heterocycles. The number of hydrogen-bond donors (Lipinski definition) is 0. The maximum absolute atomic E-state index is 12.1. The van der Waals surface area contributed by atoms with Gasteiger partial charge in [0.15, 0.2) is 11.5 Å². The highest BCUT2D eigenvalue weighted by Gasteiger charge is 2.46. The molecule has 0 N–H and O–H groups in total. The van der Waals surface area contributed by atoms with Crippen LogP contribution < -0.4 is 9.47 Å². The van der Waals surface area contributed by atoms with Crippen LogP contribution in [-0.2, 0) is 9.80 Å². The SMILES string of the molecule is COc1cc2c(cc1OC)C(Cl)(c1ccccc1)OC2=O. The average Bonchev–Trinajstić information content (AvgIpc) is 2.78. The summed E-state index contributed by atoms with van der Waals surface area (Å²) in [5.41, 5.74) is 1.62. The van der Waals surface area contributed by atoms with Crippen molar-refractivity contribution in [3.63, 3.8) is 0 Å². The lowest BCUT2D eigenvalue weighted by molar-refractivity contribution is 0.0366. The molecule has 2 aromatic carbocycles. The molecule has 2 aromatic rings. The van der Waals surface area contributed by atoms with Gasteiger partial charge in [0.25, 0.3) is 0 Å². The van der Waals surface area contributed by atoms with Crippen LogP contribution in [0, 0.1) is 0 Å². The van der Waals surface area contributed by atoms with Gasteiger partial charge in [-0.1, -0.05) is 41.9 Å². The van der Waals surface area contributed by atoms with Gasteiger partial charge in [-0.2, -0.15) is 0 Å². The van der Waals surface area contributed by atoms with Crippen molar-refractivity contribution in [3.05, 3.63) is 59.2 Å². The van der Waals surface area contributed by atoms with E-state index in [1.54, 1.807) is 12.1 Å². The number of alkyl halides is 1. The number of halogens is 1. The van der Waals surface area contributed by atoms with Crippen molar-refractivity contribution in [1.82, 2.24) is 0 Å². The number of rotatable bonds is 3. The normalized spacial score (nSPS) is 19.9. The molecule has 1 unspecified atom stereocenters. The molecule has 21 heavy (non-hydrogen) atoms. The van der Waals surface area contributed by atoms with E-state index in [2.05, 4.69) is 0 Å². The largest absolute Gasteiger partial charge is 0.493 e. The van der Waals surface area contributed by atoms with Crippen LogP contribution in [0.4, 0.5) is 0 Å². The third-order valence-electron chi connectivity index (χ3n) is 3.47. The van der Waals surface area contributed by atoms with Gasteiger partial charge in [0, 0.05) is 11.1 Å². The molecule has 0 amide bonds. The molecular formula is C16H13ClO4. The standard InChI is InChI=1S/C16H13ClO4/c1-19-13-8-11-12(9-14(13)20-2)16(17,21-15(11)18)10-6-4-3-5-7-10/h3-9H,1-2H3. The smallest absolute Gasteiger partial charge is 0.341 e. The lowest BCUT2D eigenvalue weighted by Crippen LogP contribution is -2.20. The fourth-order valence-corrected chi connectivity index (χ4v) is 2.77. The molecule has 1 aliphatic rings. The van der Waals surface area contributed by atoms with Crippen LogP contribution in [0.25, 0.3) is 0 Å². The van der Waals surface area contributed by atoms with Crippen LogP contribution in [0.1, 0.15) is 21.5 Å². The van der Waals surface area contributed by atoms with E-state index in [4.69, 9.17) is 25.8 Å². The summed E-state index contributed by atoms with van der Waals surface area (Å²) in [5, 5.41) is -1.34. The number of benzene rings is 2. The van der Waals surface area contributed by atoms with Crippen molar-refractivity contribution in [2.24, 2.45) is 0 Å². The van der Waals surface area contributed by atoms with Gasteiger partial charge < -0.3 is 14.2 Å². The molecule has 4 nitrogen and oxygen atoms in total. The van der Waals surface area contributed by atoms with Crippen molar-refractivity contribution >= 4 is 17.6 Å². The van der Waals surface area contributed by atoms with Crippen LogP contribution in [0.3, 0.4) is 0 Å². The summed E-state index contributed by atoms with van der Waals surface area (Å²) in [6, 6.07) is 12.4. The third kappa shape index (κ3) is 2.03. The molecule has 0 aliphatic carbocycles. The number of carbonyl (C=O) groups excluding carboxylic acids is 1. The monoisotopic (exact) mass is 304 g/mol. The quantitative estimate of drug-likeness (QED) is 0.644. The first-order chi connectivity index (χ1) is 10.1. The highest BCUT2D eigenvalue weighted by molar-refractivity contribution is 6.27. The molecule has 5 heteroatoms. The van der Waals surface area contributed by atoms with Crippen LogP contribution in [0.2, 0.25) is 0 Å². The van der Waals surface area contributed by atoms with Crippen LogP contribution in [0.5, 0.6) is 11.5 Å². The van der Waals surface area contributed by atoms with Crippen molar-refractivity contribution in [2.75, 3.05) is 14.2 Å². The molecule has 0 aromatic heterocycles. The summed E-state index contributed by atoms with van der Waals surface area (Å²) in [4.78, 5) is 12.1. The maximum atomic E-state index is 12.1. The van der Waals surface area contributed by atoms with Crippen molar-refractivity contribution in [3.8, 4) is 11.5 Å². The first-order valence-electron chi connectivity index (χ1n) is 6.34. The molecule has 1 atom stereocenters. The number of fused-ring (bicyclic) bond motifs is 1. The summed E-state index contributed by atoms with van der Waals surface area (Å²) >= 11 is 6.61. The summed E-state index contributed by atoms with van der Waals surface area (Å²) < 4.78 is 15.9. The summed E-state index contributed by atoms with van der Waals surface area (Å²) in [7, 11) is 3.04. The van der Waals surface area contributed by atoms with Crippen LogP contribution in [0.15, 0.2) is 42.5 Å². The Kier molecular flexibility index (Phi) is 3.26. The van der Waals surface area contributed by atoms with Gasteiger partial charge in [-0.05, 0) is 12.1 Å². The van der Waals surface area contributed by atoms with E-state index in [0.29, 0.717) is 28.2 Å². The Balaban J connectivity index is 2.22. The second-order valence-electron chi connectivity index (χ2n) is 4.60. The second kappa shape index (κ2) is 4.97. The lowest BCUT2D eigenvalue weighted by atomic mass is 9.98. The molecule has 1 aliphatic heterocycles. The number of hydrogen-bond acceptors (Lipinski definition) is 4. The molecule has 0 radical (unpaired) electrons. The summed E-state index contributed by atoms with van der Waals surface area (Å²) in [5.74, 6) is 0.475. The van der Waals surface area contributed by atoms with Crippen molar-refractivity contribution < 1.29 is 19.0 Å². The molecule has 0 saturated carbocycles. The number of methoxy groups -OCH3 is 2. The highest BCUT2D eigenvalue weighted by Crippen LogP contribution is 2.48. The van der Waals surface area contributed by atoms with E-state index in [1.165, 1.54) is 14.2 Å². The zero-order valence-corrected chi connectivity index (χ0v) is 12.3. The molecule has 3 rings (SSSR count). The van der Waals surface area contributed by atoms with Crippen molar-refractivity contribution in [2.45, 2.75) is 5.06 Å². The van der Waals surface area contributed by atoms with Gasteiger partial charge in [-0.25, -0.2) is 4.79 Å². The van der Waals surface area contributed by atoms with Gasteiger partial charge in [0.05, 0.1) is 19.8 Å². The van der Waals surface area contributed by atoms with E-state index < -0.39 is 11.0 Å². The summed E-state index contributed by atoms with van der Waals surface area (Å²) in [6.07, 6.45) is 0. The molecule has 0 spiro atoms. The highest BCUT2D eigenvalue weighted by atomic mass is 35.5. The maximum Gasteiger partial charge on any atom is 0.341 e.